The van der Waals surface area contributed by atoms with Gasteiger partial charge in [0.15, 0.2) is 0 Å². The van der Waals surface area contributed by atoms with Gasteiger partial charge in [-0.1, -0.05) is 72.8 Å². The zero-order chi connectivity index (χ0) is 27.6. The van der Waals surface area contributed by atoms with Crippen molar-refractivity contribution in [3.63, 3.8) is 0 Å². The maximum absolute atomic E-state index is 13.9. The number of aromatic nitrogens is 1. The number of imide groups is 1. The largest absolute Gasteiger partial charge is 0.416 e. The van der Waals surface area contributed by atoms with Crippen molar-refractivity contribution in [1.82, 2.24) is 4.57 Å². The van der Waals surface area contributed by atoms with E-state index in [4.69, 9.17) is 0 Å². The van der Waals surface area contributed by atoms with Crippen molar-refractivity contribution in [2.24, 2.45) is 0 Å². The highest BCUT2D eigenvalue weighted by atomic mass is 19.4. The Morgan fingerprint density at radius 3 is 1.98 bits per heavy atom. The number of hydrogen-bond acceptors (Lipinski definition) is 2. The molecule has 0 bridgehead atoms. The van der Waals surface area contributed by atoms with Gasteiger partial charge in [0.25, 0.3) is 11.8 Å². The van der Waals surface area contributed by atoms with E-state index in [0.717, 1.165) is 33.9 Å². The molecule has 5 aromatic carbocycles. The molecular weight excluding hydrogens is 513 g/mol. The number of nitrogens with zero attached hydrogens (tertiary/aromatic N) is 2. The van der Waals surface area contributed by atoms with Crippen LogP contribution < -0.4 is 4.90 Å². The number of benzene rings is 5. The number of carbonyl (C=O) groups is 2. The maximum Gasteiger partial charge on any atom is 0.416 e. The molecule has 2 heterocycles. The number of alkyl halides is 3. The molecule has 4 nitrogen and oxygen atoms in total. The summed E-state index contributed by atoms with van der Waals surface area (Å²) in [5.74, 6) is -0.837. The standard InChI is InChI=1S/C33H19F3N2O2/c34-33(35,36)21-18-16-20(17-19-21)23-11-6-12-25-24-10-4-5-14-27(24)38(30(23)25)28-15-7-13-26-29(28)32(40)37(31(26)39)22-8-2-1-3-9-22/h1-19H. The summed E-state index contributed by atoms with van der Waals surface area (Å²) in [4.78, 5) is 28.5. The van der Waals surface area contributed by atoms with E-state index in [1.54, 1.807) is 42.5 Å². The van der Waals surface area contributed by atoms with E-state index in [1.165, 1.54) is 17.0 Å². The number of halogens is 3. The summed E-state index contributed by atoms with van der Waals surface area (Å²) < 4.78 is 41.8. The lowest BCUT2D eigenvalue weighted by atomic mass is 10.0. The third-order valence-electron chi connectivity index (χ3n) is 7.37. The fourth-order valence-corrected chi connectivity index (χ4v) is 5.61. The van der Waals surface area contributed by atoms with Crippen LogP contribution >= 0.6 is 0 Å². The molecule has 7 heteroatoms. The number of amides is 2. The van der Waals surface area contributed by atoms with Gasteiger partial charge in [0.2, 0.25) is 0 Å². The van der Waals surface area contributed by atoms with E-state index in [-0.39, 0.29) is 5.56 Å². The van der Waals surface area contributed by atoms with Crippen molar-refractivity contribution < 1.29 is 22.8 Å². The van der Waals surface area contributed by atoms with Gasteiger partial charge >= 0.3 is 6.18 Å². The van der Waals surface area contributed by atoms with Crippen molar-refractivity contribution in [1.29, 1.82) is 0 Å². The Morgan fingerprint density at radius 2 is 1.23 bits per heavy atom. The average molecular weight is 533 g/mol. The van der Waals surface area contributed by atoms with Gasteiger partial charge in [0, 0.05) is 16.3 Å². The molecule has 0 fully saturated rings. The van der Waals surface area contributed by atoms with Gasteiger partial charge in [-0.05, 0) is 48.0 Å². The molecule has 1 aliphatic heterocycles. The second-order valence-electron chi connectivity index (χ2n) is 9.61. The smallest absolute Gasteiger partial charge is 0.308 e. The molecule has 0 spiro atoms. The summed E-state index contributed by atoms with van der Waals surface area (Å²) in [5, 5.41) is 1.79. The van der Waals surface area contributed by atoms with Crippen LogP contribution in [-0.2, 0) is 6.18 Å². The van der Waals surface area contributed by atoms with Crippen molar-refractivity contribution >= 4 is 39.3 Å². The molecule has 0 aliphatic carbocycles. The van der Waals surface area contributed by atoms with Gasteiger partial charge in [0.05, 0.1) is 39.1 Å². The molecule has 1 aliphatic rings. The lowest BCUT2D eigenvalue weighted by Crippen LogP contribution is -2.29. The monoisotopic (exact) mass is 532 g/mol. The van der Waals surface area contributed by atoms with E-state index in [9.17, 15) is 22.8 Å². The lowest BCUT2D eigenvalue weighted by Gasteiger charge is -2.16. The molecule has 0 saturated heterocycles. The summed E-state index contributed by atoms with van der Waals surface area (Å²) in [6.07, 6.45) is -4.44. The van der Waals surface area contributed by atoms with Crippen molar-refractivity contribution in [2.45, 2.75) is 6.18 Å². The number of para-hydroxylation sites is 3. The molecule has 194 valence electrons. The van der Waals surface area contributed by atoms with Gasteiger partial charge < -0.3 is 4.57 Å². The van der Waals surface area contributed by atoms with Crippen LogP contribution in [0.25, 0.3) is 38.6 Å². The predicted molar refractivity (Wildman–Crippen MR) is 149 cm³/mol. The summed E-state index contributed by atoms with van der Waals surface area (Å²) in [7, 11) is 0. The van der Waals surface area contributed by atoms with Crippen LogP contribution in [0.2, 0.25) is 0 Å². The molecule has 0 N–H and O–H groups in total. The van der Waals surface area contributed by atoms with Crippen LogP contribution in [0.15, 0.2) is 115 Å². The van der Waals surface area contributed by atoms with Crippen molar-refractivity contribution in [2.75, 3.05) is 4.90 Å². The molecular formula is C33H19F3N2O2. The average Bonchev–Trinajstić information content (AvgIpc) is 3.44. The van der Waals surface area contributed by atoms with Crippen LogP contribution in [0.4, 0.5) is 18.9 Å². The first-order valence-corrected chi connectivity index (χ1v) is 12.6. The Morgan fingerprint density at radius 1 is 0.575 bits per heavy atom. The minimum Gasteiger partial charge on any atom is -0.308 e. The molecule has 40 heavy (non-hydrogen) atoms. The van der Waals surface area contributed by atoms with Crippen molar-refractivity contribution in [3.05, 3.63) is 132 Å². The van der Waals surface area contributed by atoms with Gasteiger partial charge in [0.1, 0.15) is 0 Å². The number of carbonyl (C=O) groups excluding carboxylic acids is 2. The predicted octanol–water partition coefficient (Wildman–Crippen LogP) is 8.27. The normalized spacial score (nSPS) is 13.4. The minimum atomic E-state index is -4.44. The highest BCUT2D eigenvalue weighted by Gasteiger charge is 2.39. The highest BCUT2D eigenvalue weighted by Crippen LogP contribution is 2.41. The van der Waals surface area contributed by atoms with Crippen LogP contribution in [0.1, 0.15) is 26.3 Å². The minimum absolute atomic E-state index is 0.279. The molecule has 0 saturated carbocycles. The lowest BCUT2D eigenvalue weighted by molar-refractivity contribution is -0.137. The number of rotatable bonds is 3. The van der Waals surface area contributed by atoms with E-state index >= 15 is 0 Å². The van der Waals surface area contributed by atoms with Gasteiger partial charge in [-0.25, -0.2) is 4.90 Å². The Hall–Kier alpha value is -5.17. The molecule has 0 unspecified atom stereocenters. The number of anilines is 1. The highest BCUT2D eigenvalue weighted by molar-refractivity contribution is 6.35. The molecule has 0 atom stereocenters. The van der Waals surface area contributed by atoms with Crippen LogP contribution in [0.3, 0.4) is 0 Å². The zero-order valence-electron chi connectivity index (χ0n) is 20.8. The third kappa shape index (κ3) is 3.48. The quantitative estimate of drug-likeness (QED) is 0.215. The van der Waals surface area contributed by atoms with Crippen LogP contribution in [0.5, 0.6) is 0 Å². The summed E-state index contributed by atoms with van der Waals surface area (Å²) in [5.41, 5.74) is 3.70. The van der Waals surface area contributed by atoms with E-state index in [2.05, 4.69) is 0 Å². The maximum atomic E-state index is 13.9. The molecule has 1 aromatic heterocycles. The van der Waals surface area contributed by atoms with Gasteiger partial charge in [-0.15, -0.1) is 0 Å². The van der Waals surface area contributed by atoms with Gasteiger partial charge in [-0.3, -0.25) is 9.59 Å². The molecule has 6 aromatic rings. The van der Waals surface area contributed by atoms with Crippen molar-refractivity contribution in [3.8, 4) is 16.8 Å². The number of fused-ring (bicyclic) bond motifs is 4. The number of hydrogen-bond donors (Lipinski definition) is 0. The Labute approximate surface area is 226 Å². The molecule has 7 rings (SSSR count). The molecule has 0 radical (unpaired) electrons. The zero-order valence-corrected chi connectivity index (χ0v) is 20.8. The van der Waals surface area contributed by atoms with E-state index in [0.29, 0.717) is 28.1 Å². The summed E-state index contributed by atoms with van der Waals surface area (Å²) in [6, 6.07) is 32.4. The Bertz CT molecular complexity index is 1970. The second-order valence-corrected chi connectivity index (χ2v) is 9.61. The first-order valence-electron chi connectivity index (χ1n) is 12.6. The topological polar surface area (TPSA) is 42.3 Å². The Kier molecular flexibility index (Phi) is 5.19. The second kappa shape index (κ2) is 8.68. The summed E-state index contributed by atoms with van der Waals surface area (Å²) in [6.45, 7) is 0. The SMILES string of the molecule is O=C1c2cccc(-n3c4ccccc4c4cccc(-c5ccc(C(F)(F)F)cc5)c43)c2C(=O)N1c1ccccc1. The Balaban J connectivity index is 1.51. The van der Waals surface area contributed by atoms with Gasteiger partial charge in [-0.2, -0.15) is 13.2 Å². The van der Waals surface area contributed by atoms with Crippen LogP contribution in [-0.4, -0.2) is 16.4 Å². The van der Waals surface area contributed by atoms with E-state index < -0.39 is 23.6 Å². The van der Waals surface area contributed by atoms with E-state index in [1.807, 2.05) is 53.1 Å². The fraction of sp³-hybridized carbons (Fsp3) is 0.0303. The first-order chi connectivity index (χ1) is 19.3. The van der Waals surface area contributed by atoms with Crippen LogP contribution in [0, 0.1) is 0 Å². The third-order valence-corrected chi connectivity index (χ3v) is 7.37. The first kappa shape index (κ1) is 23.9. The molecule has 2 amide bonds. The summed E-state index contributed by atoms with van der Waals surface area (Å²) >= 11 is 0. The fourth-order valence-electron chi connectivity index (χ4n) is 5.61.